The smallest absolute Gasteiger partial charge is 0.224 e. The lowest BCUT2D eigenvalue weighted by atomic mass is 10.0. The number of rotatable bonds is 14. The monoisotopic (exact) mass is 661 g/mol. The van der Waals surface area contributed by atoms with Crippen molar-refractivity contribution >= 4 is 46.3 Å². The van der Waals surface area contributed by atoms with Crippen molar-refractivity contribution < 1.29 is 24.2 Å². The first-order valence-electron chi connectivity index (χ1n) is 15.3. The number of ether oxygens (including phenoxy) is 2. The number of hydrogen-bond donors (Lipinski definition) is 4. The molecule has 2 heterocycles. The minimum atomic E-state index is -0.558. The highest BCUT2D eigenvalue weighted by Crippen LogP contribution is 2.39. The molecule has 0 radical (unpaired) electrons. The quantitative estimate of drug-likeness (QED) is 0.0717. The van der Waals surface area contributed by atoms with Crippen LogP contribution in [0.25, 0.3) is 0 Å². The lowest BCUT2D eigenvalue weighted by Crippen LogP contribution is -2.31. The van der Waals surface area contributed by atoms with Gasteiger partial charge in [-0.25, -0.2) is 0 Å². The van der Waals surface area contributed by atoms with E-state index in [0.29, 0.717) is 50.0 Å². The van der Waals surface area contributed by atoms with E-state index in [1.165, 1.54) is 0 Å². The van der Waals surface area contributed by atoms with Crippen molar-refractivity contribution in [1.29, 1.82) is 0 Å². The number of carbonyl (C=O) groups is 2. The molecule has 10 nitrogen and oxygen atoms in total. The normalized spacial score (nSPS) is 17.8. The van der Waals surface area contributed by atoms with Crippen molar-refractivity contribution in [2.45, 2.75) is 75.0 Å². The van der Waals surface area contributed by atoms with Crippen molar-refractivity contribution in [1.82, 2.24) is 15.5 Å². The van der Waals surface area contributed by atoms with Crippen LogP contribution in [0.5, 0.6) is 0 Å². The van der Waals surface area contributed by atoms with E-state index in [2.05, 4.69) is 20.8 Å². The van der Waals surface area contributed by atoms with Crippen molar-refractivity contribution in [3.8, 4) is 0 Å². The molecule has 0 spiro atoms. The van der Waals surface area contributed by atoms with E-state index in [-0.39, 0.29) is 30.6 Å². The second kappa shape index (κ2) is 16.7. The number of amides is 2. The molecule has 1 saturated heterocycles. The third-order valence-corrected chi connectivity index (χ3v) is 9.65. The second-order valence-corrected chi connectivity index (χ2v) is 13.6. The average molecular weight is 662 g/mol. The van der Waals surface area contributed by atoms with Gasteiger partial charge in [0, 0.05) is 37.1 Å². The van der Waals surface area contributed by atoms with Crippen LogP contribution in [-0.2, 0) is 32.2 Å². The molecular formula is C34H39N5O5S2. The van der Waals surface area contributed by atoms with E-state index in [0.717, 1.165) is 37.4 Å². The van der Waals surface area contributed by atoms with Crippen LogP contribution < -0.4 is 16.4 Å². The van der Waals surface area contributed by atoms with Gasteiger partial charge in [0.25, 0.3) is 0 Å². The molecule has 5 N–H and O–H groups in total. The van der Waals surface area contributed by atoms with Gasteiger partial charge in [0.2, 0.25) is 11.8 Å². The predicted molar refractivity (Wildman–Crippen MR) is 180 cm³/mol. The van der Waals surface area contributed by atoms with Gasteiger partial charge in [-0.3, -0.25) is 9.59 Å². The van der Waals surface area contributed by atoms with E-state index in [1.807, 2.05) is 67.6 Å². The number of aromatic nitrogens is 2. The molecule has 12 heteroatoms. The zero-order chi connectivity index (χ0) is 32.3. The number of carbonyl (C=O) groups excluding carboxylic acids is 2. The zero-order valence-electron chi connectivity index (χ0n) is 25.7. The first kappa shape index (κ1) is 33.6. The average Bonchev–Trinajstić information content (AvgIpc) is 3.50. The summed E-state index contributed by atoms with van der Waals surface area (Å²) in [5.41, 5.74) is 10.7. The Kier molecular flexibility index (Phi) is 12.2. The summed E-state index contributed by atoms with van der Waals surface area (Å²) in [6.07, 6.45) is 1.78. The molecule has 0 aliphatic carbocycles. The van der Waals surface area contributed by atoms with Gasteiger partial charge in [0.05, 0.1) is 30.2 Å². The summed E-state index contributed by atoms with van der Waals surface area (Å²) >= 11 is 3.21. The first-order valence-corrected chi connectivity index (χ1v) is 17.1. The van der Waals surface area contributed by atoms with Gasteiger partial charge in [0.1, 0.15) is 5.01 Å². The molecule has 0 unspecified atom stereocenters. The number of aliphatic hydroxyl groups is 1. The number of hydrogen-bond acceptors (Lipinski definition) is 10. The minimum absolute atomic E-state index is 0.00491. The van der Waals surface area contributed by atoms with Crippen LogP contribution in [0.2, 0.25) is 0 Å². The fraction of sp³-hybridized carbons (Fsp3) is 0.353. The third-order valence-electron chi connectivity index (χ3n) is 7.55. The number of aliphatic hydroxyl groups excluding tert-OH is 1. The maximum Gasteiger partial charge on any atom is 0.224 e. The number of nitrogens with two attached hydrogens (primary N) is 1. The number of nitrogens with zero attached hydrogens (tertiary/aromatic N) is 2. The van der Waals surface area contributed by atoms with Gasteiger partial charge in [-0.2, -0.15) is 0 Å². The van der Waals surface area contributed by atoms with Crippen molar-refractivity contribution in [2.24, 2.45) is 0 Å². The van der Waals surface area contributed by atoms with Crippen molar-refractivity contribution in [2.75, 3.05) is 16.8 Å². The van der Waals surface area contributed by atoms with Crippen LogP contribution in [0.3, 0.4) is 0 Å². The fourth-order valence-electron chi connectivity index (χ4n) is 5.00. The molecular weight excluding hydrogens is 623 g/mol. The van der Waals surface area contributed by atoms with Crippen LogP contribution in [0.4, 0.5) is 11.4 Å². The molecule has 1 aliphatic rings. The molecule has 4 aromatic rings. The van der Waals surface area contributed by atoms with Gasteiger partial charge in [-0.15, -0.1) is 10.2 Å². The summed E-state index contributed by atoms with van der Waals surface area (Å²) in [6, 6.07) is 22.8. The van der Waals surface area contributed by atoms with Gasteiger partial charge in [-0.1, -0.05) is 83.8 Å². The lowest BCUT2D eigenvalue weighted by molar-refractivity contribution is -0.245. The number of unbranched alkanes of at least 4 members (excludes halogenated alkanes) is 1. The SMILES string of the molecule is Cc1nnc(SC[C@H]2C[C@@H](c3ccc(CO)cc3)O[C@@H](c3ccc(CNC(=O)CCCCC(=O)Nc4ccccc4N)cc3)O2)s1. The second-order valence-electron chi connectivity index (χ2n) is 11.1. The zero-order valence-corrected chi connectivity index (χ0v) is 27.3. The maximum atomic E-state index is 12.4. The van der Waals surface area contributed by atoms with Crippen LogP contribution in [0.15, 0.2) is 77.1 Å². The summed E-state index contributed by atoms with van der Waals surface area (Å²) in [7, 11) is 0. The van der Waals surface area contributed by atoms with Gasteiger partial charge in [0.15, 0.2) is 10.6 Å². The van der Waals surface area contributed by atoms with E-state index in [1.54, 1.807) is 35.2 Å². The number of benzene rings is 3. The Morgan fingerprint density at radius 3 is 2.33 bits per heavy atom. The number of nitrogen functional groups attached to an aromatic ring is 1. The number of anilines is 2. The molecule has 5 rings (SSSR count). The number of nitrogens with one attached hydrogen (secondary N) is 2. The molecule has 0 saturated carbocycles. The summed E-state index contributed by atoms with van der Waals surface area (Å²) in [4.78, 5) is 24.6. The Morgan fingerprint density at radius 2 is 1.63 bits per heavy atom. The highest BCUT2D eigenvalue weighted by Gasteiger charge is 2.32. The molecule has 3 atom stereocenters. The summed E-state index contributed by atoms with van der Waals surface area (Å²) < 4.78 is 13.8. The Balaban J connectivity index is 1.10. The molecule has 242 valence electrons. The Bertz CT molecular complexity index is 1580. The molecule has 2 amide bonds. The standard InChI is InChI=1S/C34H39N5O5S2/c1-22-38-39-34(46-22)45-21-27-18-30(25-14-12-24(20-40)13-15-25)44-33(43-27)26-16-10-23(11-17-26)19-36-31(41)8-4-5-9-32(42)37-29-7-3-2-6-28(29)35/h2-3,6-7,10-17,27,30,33,40H,4-5,8-9,18-21,35H2,1H3,(H,36,41)(H,37,42)/t27-,30+,33+/m1/s1. The van der Waals surface area contributed by atoms with Crippen LogP contribution >= 0.6 is 23.1 Å². The lowest BCUT2D eigenvalue weighted by Gasteiger charge is -2.36. The molecule has 1 aliphatic heterocycles. The highest BCUT2D eigenvalue weighted by atomic mass is 32.2. The van der Waals surface area contributed by atoms with Crippen LogP contribution in [-0.4, -0.2) is 39.0 Å². The minimum Gasteiger partial charge on any atom is -0.397 e. The van der Waals surface area contributed by atoms with E-state index in [4.69, 9.17) is 15.2 Å². The molecule has 1 aromatic heterocycles. The Morgan fingerprint density at radius 1 is 0.935 bits per heavy atom. The van der Waals surface area contributed by atoms with Gasteiger partial charge < -0.3 is 30.9 Å². The summed E-state index contributed by atoms with van der Waals surface area (Å²) in [6.45, 7) is 2.34. The molecule has 46 heavy (non-hydrogen) atoms. The van der Waals surface area contributed by atoms with Crippen molar-refractivity contribution in [3.05, 3.63) is 100 Å². The van der Waals surface area contributed by atoms with E-state index in [9.17, 15) is 14.7 Å². The van der Waals surface area contributed by atoms with Gasteiger partial charge in [-0.05, 0) is 48.6 Å². The fourth-order valence-corrected chi connectivity index (χ4v) is 6.86. The summed E-state index contributed by atoms with van der Waals surface area (Å²) in [5, 5.41) is 24.5. The maximum absolute atomic E-state index is 12.4. The largest absolute Gasteiger partial charge is 0.397 e. The number of para-hydroxylation sites is 2. The molecule has 3 aromatic carbocycles. The first-order chi connectivity index (χ1) is 22.4. The van der Waals surface area contributed by atoms with E-state index >= 15 is 0 Å². The van der Waals surface area contributed by atoms with Crippen molar-refractivity contribution in [3.63, 3.8) is 0 Å². The van der Waals surface area contributed by atoms with E-state index < -0.39 is 6.29 Å². The Hall–Kier alpha value is -3.81. The number of thioether (sulfide) groups is 1. The number of aryl methyl sites for hydroxylation is 1. The molecule has 0 bridgehead atoms. The van der Waals surface area contributed by atoms with Crippen LogP contribution in [0, 0.1) is 6.92 Å². The third kappa shape index (κ3) is 9.84. The Labute approximate surface area is 277 Å². The van der Waals surface area contributed by atoms with Gasteiger partial charge >= 0.3 is 0 Å². The van der Waals surface area contributed by atoms with Crippen LogP contribution in [0.1, 0.15) is 71.8 Å². The highest BCUT2D eigenvalue weighted by molar-refractivity contribution is 8.01. The topological polar surface area (TPSA) is 149 Å². The molecule has 1 fully saturated rings. The predicted octanol–water partition coefficient (Wildman–Crippen LogP) is 6.07. The summed E-state index contributed by atoms with van der Waals surface area (Å²) in [5.74, 6) is 0.542.